The van der Waals surface area contributed by atoms with Crippen molar-refractivity contribution in [2.75, 3.05) is 31.1 Å². The topological polar surface area (TPSA) is 49.6 Å². The van der Waals surface area contributed by atoms with Gasteiger partial charge in [-0.2, -0.15) is 0 Å². The summed E-state index contributed by atoms with van der Waals surface area (Å²) < 4.78 is 46.1. The van der Waals surface area contributed by atoms with Crippen molar-refractivity contribution in [3.8, 4) is 0 Å². The summed E-state index contributed by atoms with van der Waals surface area (Å²) in [6, 6.07) is 1.32. The molecule has 1 aromatic carbocycles. The number of anilines is 1. The molecule has 0 N–H and O–H groups in total. The van der Waals surface area contributed by atoms with E-state index in [4.69, 9.17) is 4.42 Å². The second kappa shape index (κ2) is 6.09. The number of amides is 1. The van der Waals surface area contributed by atoms with Gasteiger partial charge in [0.1, 0.15) is 11.5 Å². The van der Waals surface area contributed by atoms with Crippen LogP contribution in [0.5, 0.6) is 0 Å². The summed E-state index contributed by atoms with van der Waals surface area (Å²) in [7, 11) is 0. The summed E-state index contributed by atoms with van der Waals surface area (Å²) in [4.78, 5) is 19.8. The molecular weight excluding hydrogens is 335 g/mol. The van der Waals surface area contributed by atoms with E-state index >= 15 is 0 Å². The highest BCUT2D eigenvalue weighted by molar-refractivity contribution is 5.93. The summed E-state index contributed by atoms with van der Waals surface area (Å²) in [5.74, 6) is -2.53. The molecular formula is C17H16F3N3O2. The average Bonchev–Trinajstić information content (AvgIpc) is 3.31. The molecule has 1 aromatic heterocycles. The third-order valence-corrected chi connectivity index (χ3v) is 4.62. The first-order valence-corrected chi connectivity index (χ1v) is 8.16. The van der Waals surface area contributed by atoms with Gasteiger partial charge in [-0.3, -0.25) is 4.79 Å². The molecule has 0 unspecified atom stereocenters. The van der Waals surface area contributed by atoms with Crippen molar-refractivity contribution in [3.05, 3.63) is 47.4 Å². The minimum absolute atomic E-state index is 0.248. The lowest BCUT2D eigenvalue weighted by atomic mass is 10.2. The number of hydrogen-bond acceptors (Lipinski definition) is 4. The number of nitrogens with zero attached hydrogens (tertiary/aromatic N) is 3. The monoisotopic (exact) mass is 351 g/mol. The summed E-state index contributed by atoms with van der Waals surface area (Å²) in [5.41, 5.74) is 0.440. The third-order valence-electron chi connectivity index (χ3n) is 4.62. The minimum atomic E-state index is -0.953. The smallest absolute Gasteiger partial charge is 0.291 e. The normalized spacial score (nSPS) is 17.9. The molecule has 1 amide bonds. The molecule has 0 radical (unpaired) electrons. The van der Waals surface area contributed by atoms with E-state index in [0.717, 1.165) is 12.8 Å². The lowest BCUT2D eigenvalue weighted by Gasteiger charge is -2.36. The Bertz CT molecular complexity index is 788. The van der Waals surface area contributed by atoms with Crippen molar-refractivity contribution in [1.29, 1.82) is 0 Å². The van der Waals surface area contributed by atoms with E-state index in [1.165, 1.54) is 11.3 Å². The second-order valence-electron chi connectivity index (χ2n) is 6.34. The number of rotatable bonds is 3. The fourth-order valence-electron chi connectivity index (χ4n) is 3.18. The molecule has 1 saturated carbocycles. The van der Waals surface area contributed by atoms with Crippen LogP contribution in [0.1, 0.15) is 35.0 Å². The molecule has 8 heteroatoms. The van der Waals surface area contributed by atoms with Crippen LogP contribution in [0.25, 0.3) is 0 Å². The van der Waals surface area contributed by atoms with Crippen LogP contribution in [-0.4, -0.2) is 42.0 Å². The van der Waals surface area contributed by atoms with E-state index in [2.05, 4.69) is 4.98 Å². The first-order chi connectivity index (χ1) is 12.0. The van der Waals surface area contributed by atoms with Gasteiger partial charge in [-0.1, -0.05) is 0 Å². The van der Waals surface area contributed by atoms with E-state index in [9.17, 15) is 18.0 Å². The first-order valence-electron chi connectivity index (χ1n) is 8.16. The van der Waals surface area contributed by atoms with Crippen molar-refractivity contribution in [1.82, 2.24) is 9.88 Å². The number of piperazine rings is 1. The van der Waals surface area contributed by atoms with Crippen LogP contribution in [0, 0.1) is 17.5 Å². The van der Waals surface area contributed by atoms with Crippen molar-refractivity contribution in [2.45, 2.75) is 18.8 Å². The van der Waals surface area contributed by atoms with Crippen LogP contribution in [0.15, 0.2) is 22.9 Å². The van der Waals surface area contributed by atoms with Crippen molar-refractivity contribution < 1.29 is 22.4 Å². The Balaban J connectivity index is 1.46. The van der Waals surface area contributed by atoms with Crippen LogP contribution in [0.2, 0.25) is 0 Å². The number of hydrogen-bond donors (Lipinski definition) is 0. The first kappa shape index (κ1) is 16.0. The van der Waals surface area contributed by atoms with Gasteiger partial charge in [-0.25, -0.2) is 18.2 Å². The van der Waals surface area contributed by atoms with Crippen LogP contribution in [0.4, 0.5) is 18.9 Å². The van der Waals surface area contributed by atoms with Crippen molar-refractivity contribution >= 4 is 11.6 Å². The van der Waals surface area contributed by atoms with Crippen LogP contribution in [-0.2, 0) is 0 Å². The quantitative estimate of drug-likeness (QED) is 0.853. The number of benzene rings is 1. The Morgan fingerprint density at radius 1 is 1.08 bits per heavy atom. The van der Waals surface area contributed by atoms with Gasteiger partial charge in [-0.05, 0) is 12.8 Å². The molecule has 0 spiro atoms. The van der Waals surface area contributed by atoms with Gasteiger partial charge >= 0.3 is 0 Å². The number of carbonyl (C=O) groups excluding carboxylic acids is 1. The Morgan fingerprint density at radius 2 is 1.72 bits per heavy atom. The lowest BCUT2D eigenvalue weighted by Crippen LogP contribution is -2.49. The van der Waals surface area contributed by atoms with Gasteiger partial charge in [0.15, 0.2) is 18.0 Å². The molecule has 0 bridgehead atoms. The van der Waals surface area contributed by atoms with Gasteiger partial charge in [0, 0.05) is 44.2 Å². The average molecular weight is 351 g/mol. The predicted octanol–water partition coefficient (Wildman–Crippen LogP) is 2.93. The summed E-state index contributed by atoms with van der Waals surface area (Å²) >= 11 is 0. The predicted molar refractivity (Wildman–Crippen MR) is 82.9 cm³/mol. The highest BCUT2D eigenvalue weighted by atomic mass is 19.1. The molecule has 2 heterocycles. The lowest BCUT2D eigenvalue weighted by molar-refractivity contribution is 0.0713. The van der Waals surface area contributed by atoms with Crippen molar-refractivity contribution in [2.24, 2.45) is 0 Å². The molecule has 2 aromatic rings. The zero-order valence-corrected chi connectivity index (χ0v) is 13.3. The minimum Gasteiger partial charge on any atom is -0.438 e. The summed E-state index contributed by atoms with van der Waals surface area (Å²) in [6.45, 7) is 1.08. The largest absolute Gasteiger partial charge is 0.438 e. The fourth-order valence-corrected chi connectivity index (χ4v) is 3.18. The molecule has 25 heavy (non-hydrogen) atoms. The van der Waals surface area contributed by atoms with E-state index in [0.29, 0.717) is 36.8 Å². The number of aromatic nitrogens is 1. The maximum absolute atomic E-state index is 13.9. The van der Waals surface area contributed by atoms with Crippen LogP contribution < -0.4 is 4.90 Å². The number of oxazole rings is 1. The Labute approximate surface area is 142 Å². The second-order valence-corrected chi connectivity index (χ2v) is 6.34. The molecule has 1 aliphatic carbocycles. The number of halogens is 3. The van der Waals surface area contributed by atoms with Crippen LogP contribution in [0.3, 0.4) is 0 Å². The third kappa shape index (κ3) is 2.96. The zero-order chi connectivity index (χ0) is 17.6. The summed E-state index contributed by atoms with van der Waals surface area (Å²) in [5, 5.41) is 0. The molecule has 132 valence electrons. The standard InChI is InChI=1S/C17H16F3N3O2/c18-11-7-12(19)15(13(20)8-11)22-3-5-23(6-4-22)17(24)16-14(10-1-2-10)21-9-25-16/h7-10H,1-6H2. The van der Waals surface area contributed by atoms with Gasteiger partial charge < -0.3 is 14.2 Å². The van der Waals surface area contributed by atoms with Gasteiger partial charge in [-0.15, -0.1) is 0 Å². The van der Waals surface area contributed by atoms with E-state index < -0.39 is 17.5 Å². The molecule has 2 aliphatic rings. The molecule has 0 atom stereocenters. The Hall–Kier alpha value is -2.51. The van der Waals surface area contributed by atoms with E-state index in [1.807, 2.05) is 0 Å². The molecule has 1 saturated heterocycles. The van der Waals surface area contributed by atoms with Gasteiger partial charge in [0.05, 0.1) is 5.69 Å². The molecule has 1 aliphatic heterocycles. The highest BCUT2D eigenvalue weighted by Crippen LogP contribution is 2.41. The molecule has 5 nitrogen and oxygen atoms in total. The molecule has 2 fully saturated rings. The van der Waals surface area contributed by atoms with Crippen molar-refractivity contribution in [3.63, 3.8) is 0 Å². The van der Waals surface area contributed by atoms with E-state index in [-0.39, 0.29) is 30.4 Å². The van der Waals surface area contributed by atoms with Gasteiger partial charge in [0.2, 0.25) is 5.76 Å². The molecule has 4 rings (SSSR count). The number of carbonyl (C=O) groups is 1. The van der Waals surface area contributed by atoms with Crippen LogP contribution >= 0.6 is 0 Å². The zero-order valence-electron chi connectivity index (χ0n) is 13.3. The van der Waals surface area contributed by atoms with Gasteiger partial charge in [0.25, 0.3) is 5.91 Å². The fraction of sp³-hybridized carbons (Fsp3) is 0.412. The Morgan fingerprint density at radius 3 is 2.32 bits per heavy atom. The summed E-state index contributed by atoms with van der Waals surface area (Å²) in [6.07, 6.45) is 3.29. The van der Waals surface area contributed by atoms with E-state index in [1.54, 1.807) is 4.90 Å². The highest BCUT2D eigenvalue weighted by Gasteiger charge is 2.35. The maximum atomic E-state index is 13.9. The Kier molecular flexibility index (Phi) is 3.89. The SMILES string of the molecule is O=C(c1ocnc1C1CC1)N1CCN(c2c(F)cc(F)cc2F)CC1. The maximum Gasteiger partial charge on any atom is 0.291 e.